The summed E-state index contributed by atoms with van der Waals surface area (Å²) in [7, 11) is 0. The predicted molar refractivity (Wildman–Crippen MR) is 110 cm³/mol. The van der Waals surface area contributed by atoms with Crippen LogP contribution in [0.5, 0.6) is 0 Å². The maximum absolute atomic E-state index is 13.8. The predicted octanol–water partition coefficient (Wildman–Crippen LogP) is 5.95. The molecule has 0 spiro atoms. The minimum atomic E-state index is -0.459. The molecule has 0 amide bonds. The molecular formula is C22H30F2N2OS. The van der Waals surface area contributed by atoms with Crippen molar-refractivity contribution in [2.45, 2.75) is 58.0 Å². The minimum Gasteiger partial charge on any atom is -0.375 e. The van der Waals surface area contributed by atoms with Crippen LogP contribution < -0.4 is 5.32 Å². The molecule has 2 heterocycles. The molecule has 1 aliphatic rings. The molecule has 6 heteroatoms. The fourth-order valence-corrected chi connectivity index (χ4v) is 4.49. The van der Waals surface area contributed by atoms with E-state index in [9.17, 15) is 8.78 Å². The zero-order chi connectivity index (χ0) is 19.6. The lowest BCUT2D eigenvalue weighted by atomic mass is 9.96. The molecule has 0 saturated carbocycles. The Labute approximate surface area is 170 Å². The molecular weight excluding hydrogens is 378 g/mol. The van der Waals surface area contributed by atoms with Crippen LogP contribution in [0.25, 0.3) is 10.6 Å². The summed E-state index contributed by atoms with van der Waals surface area (Å²) in [5.74, 6) is -0.0527. The fraction of sp³-hybridized carbons (Fsp3) is 0.591. The van der Waals surface area contributed by atoms with E-state index >= 15 is 0 Å². The van der Waals surface area contributed by atoms with Gasteiger partial charge in [0.05, 0.1) is 12.3 Å². The van der Waals surface area contributed by atoms with Crippen molar-refractivity contribution in [3.8, 4) is 10.6 Å². The van der Waals surface area contributed by atoms with Gasteiger partial charge in [0.25, 0.3) is 0 Å². The molecule has 1 N–H and O–H groups in total. The van der Waals surface area contributed by atoms with Crippen LogP contribution in [0.4, 0.5) is 8.78 Å². The van der Waals surface area contributed by atoms with Crippen LogP contribution in [0, 0.1) is 17.6 Å². The van der Waals surface area contributed by atoms with Crippen molar-refractivity contribution < 1.29 is 13.5 Å². The van der Waals surface area contributed by atoms with E-state index in [1.54, 1.807) is 0 Å². The maximum atomic E-state index is 13.8. The SMILES string of the molecule is Fc1ccc(F)c(-c2nc(COCCCCCCC3CCCCNC3)cs2)c1. The van der Waals surface area contributed by atoms with Crippen molar-refractivity contribution in [1.29, 1.82) is 0 Å². The van der Waals surface area contributed by atoms with E-state index in [0.717, 1.165) is 30.2 Å². The summed E-state index contributed by atoms with van der Waals surface area (Å²) in [5.41, 5.74) is 0.977. The van der Waals surface area contributed by atoms with Gasteiger partial charge in [0.15, 0.2) is 0 Å². The standard InChI is InChI=1S/C22H30F2N2OS/c23-18-9-10-21(24)20(13-18)22-26-19(16-28-22)15-27-12-6-2-1-3-7-17-8-4-5-11-25-14-17/h9-10,13,16-17,25H,1-8,11-12,14-15H2. The quantitative estimate of drug-likeness (QED) is 0.494. The first-order chi connectivity index (χ1) is 13.7. The van der Waals surface area contributed by atoms with Gasteiger partial charge in [-0.1, -0.05) is 25.7 Å². The summed E-state index contributed by atoms with van der Waals surface area (Å²) in [4.78, 5) is 4.37. The molecule has 0 aliphatic carbocycles. The molecule has 1 aliphatic heterocycles. The number of nitrogens with one attached hydrogen (secondary N) is 1. The van der Waals surface area contributed by atoms with Crippen LogP contribution in [0.1, 0.15) is 57.1 Å². The van der Waals surface area contributed by atoms with Gasteiger partial charge in [-0.15, -0.1) is 11.3 Å². The first kappa shape index (κ1) is 21.3. The van der Waals surface area contributed by atoms with Gasteiger partial charge in [-0.2, -0.15) is 0 Å². The summed E-state index contributed by atoms with van der Waals surface area (Å²) in [6.45, 7) is 3.51. The Balaban J connectivity index is 1.28. The number of ether oxygens (including phenoxy) is 1. The maximum Gasteiger partial charge on any atom is 0.133 e. The molecule has 1 atom stereocenters. The van der Waals surface area contributed by atoms with Gasteiger partial charge in [0, 0.05) is 17.6 Å². The van der Waals surface area contributed by atoms with Crippen molar-refractivity contribution in [3.63, 3.8) is 0 Å². The second-order valence-electron chi connectivity index (χ2n) is 7.59. The van der Waals surface area contributed by atoms with E-state index in [4.69, 9.17) is 4.74 Å². The van der Waals surface area contributed by atoms with E-state index in [1.807, 2.05) is 5.38 Å². The number of halogens is 2. The summed E-state index contributed by atoms with van der Waals surface area (Å²) in [6.07, 6.45) is 10.2. The normalized spacial score (nSPS) is 17.6. The lowest BCUT2D eigenvalue weighted by Crippen LogP contribution is -2.20. The van der Waals surface area contributed by atoms with Gasteiger partial charge >= 0.3 is 0 Å². The lowest BCUT2D eigenvalue weighted by molar-refractivity contribution is 0.114. The molecule has 1 fully saturated rings. The molecule has 154 valence electrons. The van der Waals surface area contributed by atoms with Crippen LogP contribution in [0.15, 0.2) is 23.6 Å². The molecule has 0 bridgehead atoms. The summed E-state index contributed by atoms with van der Waals surface area (Å²) in [6, 6.07) is 3.43. The molecule has 28 heavy (non-hydrogen) atoms. The smallest absolute Gasteiger partial charge is 0.133 e. The third kappa shape index (κ3) is 6.90. The van der Waals surface area contributed by atoms with E-state index in [0.29, 0.717) is 18.2 Å². The third-order valence-electron chi connectivity index (χ3n) is 5.26. The largest absolute Gasteiger partial charge is 0.375 e. The van der Waals surface area contributed by atoms with Crippen LogP contribution in [0.2, 0.25) is 0 Å². The highest BCUT2D eigenvalue weighted by Gasteiger charge is 2.12. The highest BCUT2D eigenvalue weighted by molar-refractivity contribution is 7.13. The van der Waals surface area contributed by atoms with Crippen molar-refractivity contribution in [3.05, 3.63) is 40.9 Å². The average Bonchev–Trinajstić information content (AvgIpc) is 3.00. The summed E-state index contributed by atoms with van der Waals surface area (Å²) >= 11 is 1.31. The van der Waals surface area contributed by atoms with Crippen LogP contribution >= 0.6 is 11.3 Å². The molecule has 0 radical (unpaired) electrons. The number of hydrogen-bond donors (Lipinski definition) is 1. The van der Waals surface area contributed by atoms with Gasteiger partial charge in [-0.25, -0.2) is 13.8 Å². The topological polar surface area (TPSA) is 34.1 Å². The number of hydrogen-bond acceptors (Lipinski definition) is 4. The number of nitrogens with zero attached hydrogens (tertiary/aromatic N) is 1. The average molecular weight is 409 g/mol. The number of thiazole rings is 1. The van der Waals surface area contributed by atoms with Crippen LogP contribution in [-0.4, -0.2) is 24.7 Å². The van der Waals surface area contributed by atoms with Gasteiger partial charge in [0.1, 0.15) is 16.6 Å². The van der Waals surface area contributed by atoms with Gasteiger partial charge in [-0.05, 0) is 62.9 Å². The number of benzene rings is 1. The Kier molecular flexibility index (Phi) is 8.83. The van der Waals surface area contributed by atoms with Gasteiger partial charge in [-0.3, -0.25) is 0 Å². The highest BCUT2D eigenvalue weighted by Crippen LogP contribution is 2.27. The Morgan fingerprint density at radius 1 is 1.14 bits per heavy atom. The first-order valence-electron chi connectivity index (χ1n) is 10.4. The Morgan fingerprint density at radius 2 is 2.04 bits per heavy atom. The van der Waals surface area contributed by atoms with Crippen molar-refractivity contribution in [1.82, 2.24) is 10.3 Å². The van der Waals surface area contributed by atoms with Crippen molar-refractivity contribution in [2.75, 3.05) is 19.7 Å². The van der Waals surface area contributed by atoms with E-state index in [-0.39, 0.29) is 5.56 Å². The monoisotopic (exact) mass is 408 g/mol. The summed E-state index contributed by atoms with van der Waals surface area (Å²) < 4.78 is 32.8. The fourth-order valence-electron chi connectivity index (χ4n) is 3.66. The molecule has 3 rings (SSSR count). The van der Waals surface area contributed by atoms with E-state index in [2.05, 4.69) is 10.3 Å². The molecule has 3 nitrogen and oxygen atoms in total. The number of rotatable bonds is 10. The second-order valence-corrected chi connectivity index (χ2v) is 8.45. The molecule has 1 saturated heterocycles. The summed E-state index contributed by atoms with van der Waals surface area (Å²) in [5, 5.41) is 5.87. The van der Waals surface area contributed by atoms with Crippen molar-refractivity contribution in [2.24, 2.45) is 5.92 Å². The van der Waals surface area contributed by atoms with Crippen LogP contribution in [-0.2, 0) is 11.3 Å². The zero-order valence-corrected chi connectivity index (χ0v) is 17.2. The third-order valence-corrected chi connectivity index (χ3v) is 6.18. The number of aromatic nitrogens is 1. The Bertz CT molecular complexity index is 714. The van der Waals surface area contributed by atoms with Crippen LogP contribution in [0.3, 0.4) is 0 Å². The Morgan fingerprint density at radius 3 is 2.96 bits per heavy atom. The minimum absolute atomic E-state index is 0.208. The van der Waals surface area contributed by atoms with Crippen molar-refractivity contribution >= 4 is 11.3 Å². The van der Waals surface area contributed by atoms with Gasteiger partial charge < -0.3 is 10.1 Å². The Hall–Kier alpha value is -1.37. The molecule has 1 aromatic heterocycles. The molecule has 1 aromatic carbocycles. The van der Waals surface area contributed by atoms with E-state index < -0.39 is 11.6 Å². The molecule has 1 unspecified atom stereocenters. The van der Waals surface area contributed by atoms with Gasteiger partial charge in [0.2, 0.25) is 0 Å². The number of unbranched alkanes of at least 4 members (excludes halogenated alkanes) is 3. The highest BCUT2D eigenvalue weighted by atomic mass is 32.1. The lowest BCUT2D eigenvalue weighted by Gasteiger charge is -2.13. The molecule has 2 aromatic rings. The second kappa shape index (κ2) is 11.6. The zero-order valence-electron chi connectivity index (χ0n) is 16.4. The van der Waals surface area contributed by atoms with E-state index in [1.165, 1.54) is 75.4 Å². The first-order valence-corrected chi connectivity index (χ1v) is 11.3.